The van der Waals surface area contributed by atoms with Gasteiger partial charge >= 0.3 is 0 Å². The zero-order chi connectivity index (χ0) is 14.8. The molecule has 1 aliphatic carbocycles. The van der Waals surface area contributed by atoms with E-state index in [1.165, 1.54) is 12.1 Å². The highest BCUT2D eigenvalue weighted by atomic mass is 19.1. The van der Waals surface area contributed by atoms with E-state index < -0.39 is 11.6 Å². The molecule has 2 nitrogen and oxygen atoms in total. The lowest BCUT2D eigenvalue weighted by Crippen LogP contribution is -2.63. The van der Waals surface area contributed by atoms with Crippen molar-refractivity contribution in [1.29, 1.82) is 0 Å². The van der Waals surface area contributed by atoms with Crippen molar-refractivity contribution in [3.8, 4) is 5.75 Å². The first-order valence-corrected chi connectivity index (χ1v) is 7.35. The van der Waals surface area contributed by atoms with Crippen LogP contribution in [0.1, 0.15) is 40.0 Å². The van der Waals surface area contributed by atoms with Crippen LogP contribution < -0.4 is 10.1 Å². The molecule has 1 aliphatic rings. The van der Waals surface area contributed by atoms with Crippen molar-refractivity contribution >= 4 is 0 Å². The van der Waals surface area contributed by atoms with Gasteiger partial charge in [0, 0.05) is 36.1 Å². The molecule has 20 heavy (non-hydrogen) atoms. The van der Waals surface area contributed by atoms with E-state index in [-0.39, 0.29) is 17.3 Å². The lowest BCUT2D eigenvalue weighted by atomic mass is 9.61. The van der Waals surface area contributed by atoms with E-state index in [0.717, 1.165) is 31.9 Å². The fourth-order valence-electron chi connectivity index (χ4n) is 2.87. The Labute approximate surface area is 119 Å². The van der Waals surface area contributed by atoms with Crippen LogP contribution in [0.2, 0.25) is 0 Å². The largest absolute Gasteiger partial charge is 0.490 e. The van der Waals surface area contributed by atoms with Gasteiger partial charge in [0.25, 0.3) is 0 Å². The van der Waals surface area contributed by atoms with Gasteiger partial charge in [0.05, 0.1) is 0 Å². The number of hydrogen-bond acceptors (Lipinski definition) is 2. The minimum Gasteiger partial charge on any atom is -0.490 e. The van der Waals surface area contributed by atoms with Gasteiger partial charge < -0.3 is 10.1 Å². The van der Waals surface area contributed by atoms with Gasteiger partial charge in [-0.1, -0.05) is 20.8 Å². The SMILES string of the molecule is CCCNC1CC(Oc2cc(F)cc(F)c2)C1(C)CC. The monoisotopic (exact) mass is 283 g/mol. The fraction of sp³-hybridized carbons (Fsp3) is 0.625. The van der Waals surface area contributed by atoms with Crippen LogP contribution in [0.15, 0.2) is 18.2 Å². The van der Waals surface area contributed by atoms with Crippen LogP contribution in [0.4, 0.5) is 8.78 Å². The van der Waals surface area contributed by atoms with E-state index >= 15 is 0 Å². The maximum atomic E-state index is 13.2. The second kappa shape index (κ2) is 6.08. The van der Waals surface area contributed by atoms with Gasteiger partial charge in [-0.15, -0.1) is 0 Å². The molecule has 3 unspecified atom stereocenters. The number of hydrogen-bond donors (Lipinski definition) is 1. The van der Waals surface area contributed by atoms with E-state index in [9.17, 15) is 8.78 Å². The summed E-state index contributed by atoms with van der Waals surface area (Å²) in [6, 6.07) is 3.76. The van der Waals surface area contributed by atoms with Gasteiger partial charge in [-0.05, 0) is 19.4 Å². The minimum atomic E-state index is -0.599. The molecule has 2 rings (SSSR count). The van der Waals surface area contributed by atoms with Gasteiger partial charge in [0.2, 0.25) is 0 Å². The molecule has 0 bridgehead atoms. The summed E-state index contributed by atoms with van der Waals surface area (Å²) in [7, 11) is 0. The summed E-state index contributed by atoms with van der Waals surface area (Å²) in [5.41, 5.74) is 0.0119. The predicted octanol–water partition coefficient (Wildman–Crippen LogP) is 3.90. The van der Waals surface area contributed by atoms with E-state index in [2.05, 4.69) is 26.1 Å². The van der Waals surface area contributed by atoms with Gasteiger partial charge in [-0.3, -0.25) is 0 Å². The van der Waals surface area contributed by atoms with Crippen molar-refractivity contribution in [3.63, 3.8) is 0 Å². The molecule has 1 aromatic rings. The Kier molecular flexibility index (Phi) is 4.63. The highest BCUT2D eigenvalue weighted by Gasteiger charge is 2.51. The number of ether oxygens (including phenoxy) is 1. The third-order valence-corrected chi connectivity index (χ3v) is 4.50. The maximum Gasteiger partial charge on any atom is 0.129 e. The lowest BCUT2D eigenvalue weighted by Gasteiger charge is -2.53. The van der Waals surface area contributed by atoms with Crippen LogP contribution in [0.5, 0.6) is 5.75 Å². The topological polar surface area (TPSA) is 21.3 Å². The molecule has 0 saturated heterocycles. The summed E-state index contributed by atoms with van der Waals surface area (Å²) in [5.74, 6) is -0.919. The molecule has 0 radical (unpaired) electrons. The average Bonchev–Trinajstić information content (AvgIpc) is 2.40. The third kappa shape index (κ3) is 2.95. The van der Waals surface area contributed by atoms with Gasteiger partial charge in [-0.25, -0.2) is 8.78 Å². The fourth-order valence-corrected chi connectivity index (χ4v) is 2.87. The molecule has 0 aliphatic heterocycles. The standard InChI is InChI=1S/C16H23F2NO/c1-4-6-19-14-10-15(16(14,3)5-2)20-13-8-11(17)7-12(18)9-13/h7-9,14-15,19H,4-6,10H2,1-3H3. The first-order chi connectivity index (χ1) is 9.49. The summed E-state index contributed by atoms with van der Waals surface area (Å²) in [6.07, 6.45) is 2.94. The Morgan fingerprint density at radius 2 is 1.90 bits per heavy atom. The van der Waals surface area contributed by atoms with Crippen LogP contribution in [0, 0.1) is 17.0 Å². The summed E-state index contributed by atoms with van der Waals surface area (Å²) < 4.78 is 32.2. The normalized spacial score (nSPS) is 29.1. The Morgan fingerprint density at radius 3 is 2.45 bits per heavy atom. The number of rotatable bonds is 6. The predicted molar refractivity (Wildman–Crippen MR) is 75.9 cm³/mol. The molecular formula is C16H23F2NO. The van der Waals surface area contributed by atoms with Crippen molar-refractivity contribution in [1.82, 2.24) is 5.32 Å². The molecule has 0 amide bonds. The third-order valence-electron chi connectivity index (χ3n) is 4.50. The lowest BCUT2D eigenvalue weighted by molar-refractivity contribution is -0.0703. The van der Waals surface area contributed by atoms with Crippen molar-refractivity contribution in [3.05, 3.63) is 29.8 Å². The molecule has 0 aromatic heterocycles. The zero-order valence-electron chi connectivity index (χ0n) is 12.4. The van der Waals surface area contributed by atoms with Crippen molar-refractivity contribution < 1.29 is 13.5 Å². The Balaban J connectivity index is 2.03. The van der Waals surface area contributed by atoms with Crippen molar-refractivity contribution in [2.24, 2.45) is 5.41 Å². The van der Waals surface area contributed by atoms with Crippen LogP contribution in [0.25, 0.3) is 0 Å². The second-order valence-corrected chi connectivity index (χ2v) is 5.81. The molecule has 1 N–H and O–H groups in total. The van der Waals surface area contributed by atoms with Crippen molar-refractivity contribution in [2.75, 3.05) is 6.54 Å². The summed E-state index contributed by atoms with van der Waals surface area (Å²) in [6.45, 7) is 7.42. The first kappa shape index (κ1) is 15.2. The molecule has 0 spiro atoms. The van der Waals surface area contributed by atoms with E-state index in [1.807, 2.05) is 0 Å². The summed E-state index contributed by atoms with van der Waals surface area (Å²) in [4.78, 5) is 0. The Bertz CT molecular complexity index is 446. The highest BCUT2D eigenvalue weighted by Crippen LogP contribution is 2.46. The average molecular weight is 283 g/mol. The quantitative estimate of drug-likeness (QED) is 0.855. The number of halogens is 2. The number of benzene rings is 1. The summed E-state index contributed by atoms with van der Waals surface area (Å²) >= 11 is 0. The van der Waals surface area contributed by atoms with Crippen LogP contribution in [-0.4, -0.2) is 18.7 Å². The van der Waals surface area contributed by atoms with Gasteiger partial charge in [0.15, 0.2) is 0 Å². The second-order valence-electron chi connectivity index (χ2n) is 5.81. The Hall–Kier alpha value is -1.16. The first-order valence-electron chi connectivity index (χ1n) is 7.35. The molecule has 1 aromatic carbocycles. The smallest absolute Gasteiger partial charge is 0.129 e. The molecule has 4 heteroatoms. The maximum absolute atomic E-state index is 13.2. The molecular weight excluding hydrogens is 260 g/mol. The molecule has 112 valence electrons. The van der Waals surface area contributed by atoms with E-state index in [1.54, 1.807) is 0 Å². The minimum absolute atomic E-state index is 0.00283. The molecule has 1 fully saturated rings. The molecule has 3 atom stereocenters. The highest BCUT2D eigenvalue weighted by molar-refractivity contribution is 5.25. The Morgan fingerprint density at radius 1 is 1.25 bits per heavy atom. The van der Waals surface area contributed by atoms with Crippen LogP contribution >= 0.6 is 0 Å². The van der Waals surface area contributed by atoms with E-state index in [4.69, 9.17) is 4.74 Å². The van der Waals surface area contributed by atoms with Crippen LogP contribution in [0.3, 0.4) is 0 Å². The van der Waals surface area contributed by atoms with E-state index in [0.29, 0.717) is 6.04 Å². The summed E-state index contributed by atoms with van der Waals surface area (Å²) in [5, 5.41) is 3.52. The molecule has 1 saturated carbocycles. The number of nitrogens with one attached hydrogen (secondary N) is 1. The van der Waals surface area contributed by atoms with Gasteiger partial charge in [0.1, 0.15) is 23.5 Å². The van der Waals surface area contributed by atoms with Gasteiger partial charge in [-0.2, -0.15) is 0 Å². The zero-order valence-corrected chi connectivity index (χ0v) is 12.4. The van der Waals surface area contributed by atoms with Crippen molar-refractivity contribution in [2.45, 2.75) is 52.2 Å². The van der Waals surface area contributed by atoms with Crippen LogP contribution in [-0.2, 0) is 0 Å². The molecule has 0 heterocycles.